The number of halogens is 3. The van der Waals surface area contributed by atoms with Crippen molar-refractivity contribution in [2.45, 2.75) is 25.1 Å². The Kier molecular flexibility index (Phi) is 7.12. The molecule has 1 saturated carbocycles. The number of benzene rings is 1. The molecule has 0 bridgehead atoms. The summed E-state index contributed by atoms with van der Waals surface area (Å²) in [4.78, 5) is 7.83. The van der Waals surface area contributed by atoms with Crippen molar-refractivity contribution in [3.63, 3.8) is 0 Å². The van der Waals surface area contributed by atoms with Crippen molar-refractivity contribution in [2.24, 2.45) is 22.4 Å². The molecule has 32 heavy (non-hydrogen) atoms. The second-order valence-electron chi connectivity index (χ2n) is 7.34. The van der Waals surface area contributed by atoms with E-state index in [-0.39, 0.29) is 29.7 Å². The van der Waals surface area contributed by atoms with Gasteiger partial charge in [0.2, 0.25) is 5.90 Å². The molecule has 1 aliphatic carbocycles. The van der Waals surface area contributed by atoms with E-state index in [4.69, 9.17) is 16.2 Å². The summed E-state index contributed by atoms with van der Waals surface area (Å²) in [5, 5.41) is 19.1. The van der Waals surface area contributed by atoms with Crippen molar-refractivity contribution in [3.8, 4) is 23.1 Å². The van der Waals surface area contributed by atoms with Crippen LogP contribution in [-0.4, -0.2) is 35.3 Å². The fourth-order valence-corrected chi connectivity index (χ4v) is 2.85. The number of hydrogen-bond donors (Lipinski definition) is 3. The average Bonchev–Trinajstić information content (AvgIpc) is 3.62. The van der Waals surface area contributed by atoms with E-state index in [1.54, 1.807) is 18.2 Å². The predicted molar refractivity (Wildman–Crippen MR) is 112 cm³/mol. The zero-order valence-electron chi connectivity index (χ0n) is 17.0. The van der Waals surface area contributed by atoms with Crippen LogP contribution in [0.5, 0.6) is 5.75 Å². The molecule has 2 aromatic rings. The molecule has 0 amide bonds. The zero-order chi connectivity index (χ0) is 23.3. The Bertz CT molecular complexity index is 1050. The number of rotatable bonds is 7. The number of pyridine rings is 1. The fourth-order valence-electron chi connectivity index (χ4n) is 2.85. The summed E-state index contributed by atoms with van der Waals surface area (Å²) >= 11 is 0. The Morgan fingerprint density at radius 2 is 2.09 bits per heavy atom. The van der Waals surface area contributed by atoms with Crippen molar-refractivity contribution in [2.75, 3.05) is 13.1 Å². The van der Waals surface area contributed by atoms with Gasteiger partial charge in [0, 0.05) is 35.6 Å². The number of allylic oxidation sites excluding steroid dienone is 1. The molecule has 1 aromatic heterocycles. The summed E-state index contributed by atoms with van der Waals surface area (Å²) in [5.74, 6) is -0.106. The van der Waals surface area contributed by atoms with Crippen LogP contribution in [0.15, 0.2) is 53.3 Å². The smallest absolute Gasteiger partial charge is 0.408 e. The molecule has 1 aliphatic rings. The van der Waals surface area contributed by atoms with Gasteiger partial charge < -0.3 is 21.3 Å². The van der Waals surface area contributed by atoms with E-state index in [9.17, 15) is 23.5 Å². The molecule has 10 heteroatoms. The highest BCUT2D eigenvalue weighted by Crippen LogP contribution is 2.34. The van der Waals surface area contributed by atoms with Gasteiger partial charge in [-0.3, -0.25) is 4.98 Å². The number of nitriles is 1. The fraction of sp³-hybridized carbons (Fsp3) is 0.318. The number of alkyl halides is 3. The first-order chi connectivity index (χ1) is 15.2. The number of hydrogen-bond acceptors (Lipinski definition) is 7. The van der Waals surface area contributed by atoms with Gasteiger partial charge in [0.25, 0.3) is 0 Å². The Morgan fingerprint density at radius 1 is 1.34 bits per heavy atom. The maximum Gasteiger partial charge on any atom is 0.408 e. The van der Waals surface area contributed by atoms with E-state index in [1.807, 2.05) is 6.07 Å². The first-order valence-electron chi connectivity index (χ1n) is 9.85. The van der Waals surface area contributed by atoms with Crippen molar-refractivity contribution in [1.29, 1.82) is 5.26 Å². The summed E-state index contributed by atoms with van der Waals surface area (Å²) in [6.45, 7) is -1.41. The van der Waals surface area contributed by atoms with Crippen molar-refractivity contribution in [1.82, 2.24) is 4.98 Å². The lowest BCUT2D eigenvalue weighted by atomic mass is 10.1. The first kappa shape index (κ1) is 23.2. The van der Waals surface area contributed by atoms with E-state index in [1.165, 1.54) is 24.4 Å². The third-order valence-corrected chi connectivity index (χ3v) is 4.75. The van der Waals surface area contributed by atoms with Crippen molar-refractivity contribution < 1.29 is 23.0 Å². The molecule has 0 aliphatic heterocycles. The minimum atomic E-state index is -4.52. The van der Waals surface area contributed by atoms with E-state index < -0.39 is 18.8 Å². The quantitative estimate of drug-likeness (QED) is 0.443. The van der Waals surface area contributed by atoms with Gasteiger partial charge in [-0.15, -0.1) is 0 Å². The summed E-state index contributed by atoms with van der Waals surface area (Å²) in [7, 11) is 0. The van der Waals surface area contributed by atoms with Crippen molar-refractivity contribution in [3.05, 3.63) is 59.4 Å². The summed E-state index contributed by atoms with van der Waals surface area (Å²) in [5.41, 5.74) is 13.4. The maximum absolute atomic E-state index is 12.8. The van der Waals surface area contributed by atoms with E-state index in [2.05, 4.69) is 9.98 Å². The number of aliphatic imine (C=N–C) groups is 1. The first-order valence-corrected chi connectivity index (χ1v) is 9.85. The van der Waals surface area contributed by atoms with Crippen LogP contribution in [0.4, 0.5) is 13.2 Å². The Hall–Kier alpha value is -3.42. The van der Waals surface area contributed by atoms with E-state index >= 15 is 0 Å². The molecule has 1 atom stereocenters. The largest absolute Gasteiger partial charge is 0.439 e. The standard InChI is InChI=1S/C22H22F3N5O2/c23-22(24,25)12-30-21(8-17(28)14-2-3-14)32-20-7-13(9-26)1-5-16(20)18-6-4-15(11-29-18)19(31)10-27/h1,4-8,11,14,19,31H,2-3,10,12,27-28H2. The van der Waals surface area contributed by atoms with Crippen LogP contribution >= 0.6 is 0 Å². The van der Waals surface area contributed by atoms with Gasteiger partial charge in [0.15, 0.2) is 0 Å². The average molecular weight is 445 g/mol. The molecular formula is C22H22F3N5O2. The summed E-state index contributed by atoms with van der Waals surface area (Å²) in [6, 6.07) is 9.72. The Labute approximate surface area is 182 Å². The molecule has 0 saturated heterocycles. The SMILES string of the molecule is N#Cc1ccc(-c2ccc(C(O)CN)cn2)c(OC(C=C(N)C2CC2)=NCC(F)(F)F)c1. The van der Waals surface area contributed by atoms with Crippen LogP contribution < -0.4 is 16.2 Å². The highest BCUT2D eigenvalue weighted by Gasteiger charge is 2.28. The third kappa shape index (κ3) is 6.29. The molecule has 5 N–H and O–H groups in total. The van der Waals surface area contributed by atoms with Gasteiger partial charge >= 0.3 is 6.18 Å². The monoisotopic (exact) mass is 445 g/mol. The molecule has 3 rings (SSSR count). The van der Waals surface area contributed by atoms with Crippen LogP contribution in [0.1, 0.15) is 30.1 Å². The number of aliphatic hydroxyl groups excluding tert-OH is 1. The van der Waals surface area contributed by atoms with E-state index in [0.29, 0.717) is 22.5 Å². The van der Waals surface area contributed by atoms with Gasteiger partial charge in [0.1, 0.15) is 12.3 Å². The minimum Gasteiger partial charge on any atom is -0.439 e. The van der Waals surface area contributed by atoms with Crippen LogP contribution in [0.25, 0.3) is 11.3 Å². The van der Waals surface area contributed by atoms with Crippen LogP contribution in [0.3, 0.4) is 0 Å². The number of nitrogens with zero attached hydrogens (tertiary/aromatic N) is 3. The predicted octanol–water partition coefficient (Wildman–Crippen LogP) is 3.20. The lowest BCUT2D eigenvalue weighted by Crippen LogP contribution is -2.17. The highest BCUT2D eigenvalue weighted by atomic mass is 19.4. The van der Waals surface area contributed by atoms with Gasteiger partial charge in [-0.05, 0) is 43.0 Å². The lowest BCUT2D eigenvalue weighted by Gasteiger charge is -2.14. The molecule has 0 spiro atoms. The van der Waals surface area contributed by atoms with Gasteiger partial charge in [0.05, 0.1) is 23.4 Å². The second-order valence-corrected chi connectivity index (χ2v) is 7.34. The van der Waals surface area contributed by atoms with E-state index in [0.717, 1.165) is 12.8 Å². The number of nitrogens with two attached hydrogens (primary N) is 2. The van der Waals surface area contributed by atoms with Gasteiger partial charge in [-0.2, -0.15) is 18.4 Å². The van der Waals surface area contributed by atoms with Crippen LogP contribution in [0.2, 0.25) is 0 Å². The molecule has 7 nitrogen and oxygen atoms in total. The second kappa shape index (κ2) is 9.80. The molecule has 1 aromatic carbocycles. The Balaban J connectivity index is 1.98. The lowest BCUT2D eigenvalue weighted by molar-refractivity contribution is -0.118. The summed E-state index contributed by atoms with van der Waals surface area (Å²) in [6.07, 6.45) is -0.942. The van der Waals surface area contributed by atoms with Crippen LogP contribution in [0, 0.1) is 17.2 Å². The van der Waals surface area contributed by atoms with Gasteiger partial charge in [-0.25, -0.2) is 4.99 Å². The minimum absolute atomic E-state index is 0.0278. The number of aromatic nitrogens is 1. The van der Waals surface area contributed by atoms with Crippen LogP contribution in [-0.2, 0) is 0 Å². The molecule has 1 fully saturated rings. The number of aliphatic hydroxyl groups is 1. The molecule has 0 radical (unpaired) electrons. The van der Waals surface area contributed by atoms with Crippen molar-refractivity contribution >= 4 is 5.90 Å². The number of ether oxygens (including phenoxy) is 1. The third-order valence-electron chi connectivity index (χ3n) is 4.75. The Morgan fingerprint density at radius 3 is 2.66 bits per heavy atom. The normalized spacial score (nSPS) is 15.9. The summed E-state index contributed by atoms with van der Waals surface area (Å²) < 4.78 is 44.0. The highest BCUT2D eigenvalue weighted by molar-refractivity contribution is 5.91. The molecular weight excluding hydrogens is 423 g/mol. The maximum atomic E-state index is 12.8. The molecule has 1 heterocycles. The molecule has 168 valence electrons. The zero-order valence-corrected chi connectivity index (χ0v) is 17.0. The molecule has 1 unspecified atom stereocenters. The van der Waals surface area contributed by atoms with Gasteiger partial charge in [-0.1, -0.05) is 6.07 Å². The topological polar surface area (TPSA) is 131 Å².